The Morgan fingerprint density at radius 3 is 2.90 bits per heavy atom. The first-order valence-electron chi connectivity index (χ1n) is 6.59. The van der Waals surface area contributed by atoms with Gasteiger partial charge in [0.05, 0.1) is 11.7 Å². The van der Waals surface area contributed by atoms with Crippen molar-refractivity contribution >= 4 is 28.3 Å². The Morgan fingerprint density at radius 2 is 2.20 bits per heavy atom. The van der Waals surface area contributed by atoms with E-state index in [0.717, 1.165) is 23.3 Å². The molecule has 0 bridgehead atoms. The summed E-state index contributed by atoms with van der Waals surface area (Å²) in [7, 11) is 0. The Labute approximate surface area is 121 Å². The number of anilines is 1. The molecule has 0 saturated carbocycles. The number of thiophene rings is 1. The number of nitrogens with zero attached hydrogens (tertiary/aromatic N) is 3. The third-order valence-corrected chi connectivity index (χ3v) is 4.21. The maximum atomic E-state index is 5.24. The van der Waals surface area contributed by atoms with Crippen molar-refractivity contribution in [2.45, 2.75) is 33.2 Å². The summed E-state index contributed by atoms with van der Waals surface area (Å²) in [5.74, 6) is 1.48. The highest BCUT2D eigenvalue weighted by Gasteiger charge is 2.17. The second-order valence-corrected chi connectivity index (χ2v) is 5.67. The maximum Gasteiger partial charge on any atom is 0.263 e. The highest BCUT2D eigenvalue weighted by Crippen LogP contribution is 2.30. The summed E-state index contributed by atoms with van der Waals surface area (Å²) >= 11 is 1.75. The third-order valence-electron chi connectivity index (χ3n) is 3.22. The normalized spacial score (nSPS) is 12.8. The van der Waals surface area contributed by atoms with Crippen LogP contribution in [0, 0.1) is 13.8 Å². The first-order chi connectivity index (χ1) is 9.69. The topological polar surface area (TPSA) is 63.8 Å². The van der Waals surface area contributed by atoms with E-state index in [9.17, 15) is 0 Å². The molecule has 0 fully saturated rings. The molecule has 3 aromatic rings. The molecule has 1 unspecified atom stereocenters. The van der Waals surface area contributed by atoms with E-state index < -0.39 is 0 Å². The lowest BCUT2D eigenvalue weighted by Gasteiger charge is -2.16. The van der Waals surface area contributed by atoms with Gasteiger partial charge in [0.15, 0.2) is 0 Å². The van der Waals surface area contributed by atoms with E-state index in [0.29, 0.717) is 11.5 Å². The summed E-state index contributed by atoms with van der Waals surface area (Å²) in [5.41, 5.74) is 1.35. The third kappa shape index (κ3) is 2.27. The van der Waals surface area contributed by atoms with Crippen LogP contribution in [0.4, 0.5) is 5.82 Å². The van der Waals surface area contributed by atoms with Crippen LogP contribution in [0.3, 0.4) is 0 Å². The van der Waals surface area contributed by atoms with Crippen molar-refractivity contribution in [3.05, 3.63) is 33.9 Å². The standard InChI is InChI=1S/C14H16N4OS/c1-4-10(11-6-5-7-20-11)17-13-12-8(2)18-19-14(12)16-9(3)15-13/h5-7,10H,4H2,1-3H3,(H,15,16,17). The van der Waals surface area contributed by atoms with Crippen molar-refractivity contribution in [1.29, 1.82) is 0 Å². The lowest BCUT2D eigenvalue weighted by Crippen LogP contribution is -2.10. The molecule has 1 atom stereocenters. The summed E-state index contributed by atoms with van der Waals surface area (Å²) in [5, 5.41) is 10.4. The van der Waals surface area contributed by atoms with E-state index >= 15 is 0 Å². The van der Waals surface area contributed by atoms with E-state index in [1.165, 1.54) is 4.88 Å². The molecule has 104 valence electrons. The Kier molecular flexibility index (Phi) is 3.40. The monoisotopic (exact) mass is 288 g/mol. The highest BCUT2D eigenvalue weighted by molar-refractivity contribution is 7.10. The maximum absolute atomic E-state index is 5.24. The van der Waals surface area contributed by atoms with Gasteiger partial charge >= 0.3 is 0 Å². The van der Waals surface area contributed by atoms with Gasteiger partial charge in [-0.05, 0) is 31.7 Å². The molecule has 0 saturated heterocycles. The minimum Gasteiger partial charge on any atom is -0.362 e. The second-order valence-electron chi connectivity index (χ2n) is 4.69. The van der Waals surface area contributed by atoms with Crippen molar-refractivity contribution < 1.29 is 4.52 Å². The number of hydrogen-bond acceptors (Lipinski definition) is 6. The molecular formula is C14H16N4OS. The predicted octanol–water partition coefficient (Wildman–Crippen LogP) is 3.86. The molecule has 0 aliphatic rings. The zero-order valence-electron chi connectivity index (χ0n) is 11.7. The fourth-order valence-electron chi connectivity index (χ4n) is 2.23. The number of rotatable bonds is 4. The lowest BCUT2D eigenvalue weighted by molar-refractivity contribution is 0.442. The molecule has 3 heterocycles. The van der Waals surface area contributed by atoms with Crippen LogP contribution >= 0.6 is 11.3 Å². The molecule has 0 aliphatic carbocycles. The van der Waals surface area contributed by atoms with Gasteiger partial charge in [-0.3, -0.25) is 0 Å². The summed E-state index contributed by atoms with van der Waals surface area (Å²) < 4.78 is 5.24. The van der Waals surface area contributed by atoms with Gasteiger partial charge in [0.2, 0.25) is 0 Å². The summed E-state index contributed by atoms with van der Waals surface area (Å²) in [4.78, 5) is 10.1. The summed E-state index contributed by atoms with van der Waals surface area (Å²) in [6, 6.07) is 4.44. The van der Waals surface area contributed by atoms with Gasteiger partial charge in [-0.15, -0.1) is 11.3 Å². The van der Waals surface area contributed by atoms with Gasteiger partial charge in [-0.2, -0.15) is 4.98 Å². The number of nitrogens with one attached hydrogen (secondary N) is 1. The van der Waals surface area contributed by atoms with Crippen molar-refractivity contribution in [1.82, 2.24) is 15.1 Å². The first-order valence-corrected chi connectivity index (χ1v) is 7.47. The number of fused-ring (bicyclic) bond motifs is 1. The number of aryl methyl sites for hydroxylation is 2. The largest absolute Gasteiger partial charge is 0.362 e. The average Bonchev–Trinajstić information content (AvgIpc) is 3.06. The van der Waals surface area contributed by atoms with Gasteiger partial charge in [-0.25, -0.2) is 4.98 Å². The molecular weight excluding hydrogens is 272 g/mol. The van der Waals surface area contributed by atoms with Gasteiger partial charge in [0, 0.05) is 4.88 Å². The van der Waals surface area contributed by atoms with Crippen molar-refractivity contribution in [3.8, 4) is 0 Å². The second kappa shape index (κ2) is 5.20. The molecule has 0 spiro atoms. The van der Waals surface area contributed by atoms with E-state index in [1.807, 2.05) is 13.8 Å². The minimum atomic E-state index is 0.238. The zero-order valence-corrected chi connectivity index (χ0v) is 12.5. The van der Waals surface area contributed by atoms with Crippen LogP contribution in [0.1, 0.15) is 35.8 Å². The SMILES string of the molecule is CCC(Nc1nc(C)nc2onc(C)c12)c1cccs1. The molecule has 0 amide bonds. The Morgan fingerprint density at radius 1 is 1.35 bits per heavy atom. The quantitative estimate of drug-likeness (QED) is 0.789. The van der Waals surface area contributed by atoms with E-state index in [-0.39, 0.29) is 6.04 Å². The molecule has 3 aromatic heterocycles. The zero-order chi connectivity index (χ0) is 14.1. The molecule has 0 aromatic carbocycles. The van der Waals surface area contributed by atoms with E-state index in [2.05, 4.69) is 44.9 Å². The Balaban J connectivity index is 2.03. The van der Waals surface area contributed by atoms with Crippen LogP contribution in [0.5, 0.6) is 0 Å². The molecule has 0 radical (unpaired) electrons. The van der Waals surface area contributed by atoms with Crippen LogP contribution in [0.15, 0.2) is 22.0 Å². The van der Waals surface area contributed by atoms with Gasteiger partial charge in [-0.1, -0.05) is 18.1 Å². The van der Waals surface area contributed by atoms with Crippen molar-refractivity contribution in [3.63, 3.8) is 0 Å². The summed E-state index contributed by atoms with van der Waals surface area (Å²) in [6.45, 7) is 5.92. The average molecular weight is 288 g/mol. The first kappa shape index (κ1) is 13.1. The minimum absolute atomic E-state index is 0.238. The van der Waals surface area contributed by atoms with Crippen LogP contribution in [0.25, 0.3) is 11.1 Å². The van der Waals surface area contributed by atoms with Crippen LogP contribution in [-0.2, 0) is 0 Å². The smallest absolute Gasteiger partial charge is 0.263 e. The van der Waals surface area contributed by atoms with Crippen molar-refractivity contribution in [2.24, 2.45) is 0 Å². The van der Waals surface area contributed by atoms with Gasteiger partial charge < -0.3 is 9.84 Å². The molecule has 1 N–H and O–H groups in total. The fourth-order valence-corrected chi connectivity index (χ4v) is 3.09. The van der Waals surface area contributed by atoms with E-state index in [1.54, 1.807) is 11.3 Å². The molecule has 3 rings (SSSR count). The van der Waals surface area contributed by atoms with Gasteiger partial charge in [0.25, 0.3) is 5.71 Å². The molecule has 0 aliphatic heterocycles. The van der Waals surface area contributed by atoms with E-state index in [4.69, 9.17) is 4.52 Å². The molecule has 20 heavy (non-hydrogen) atoms. The van der Waals surface area contributed by atoms with Crippen molar-refractivity contribution in [2.75, 3.05) is 5.32 Å². The molecule has 5 nitrogen and oxygen atoms in total. The van der Waals surface area contributed by atoms with Crippen LogP contribution in [0.2, 0.25) is 0 Å². The van der Waals surface area contributed by atoms with Crippen LogP contribution in [-0.4, -0.2) is 15.1 Å². The molecule has 6 heteroatoms. The van der Waals surface area contributed by atoms with Gasteiger partial charge in [0.1, 0.15) is 17.0 Å². The lowest BCUT2D eigenvalue weighted by atomic mass is 10.2. The number of aromatic nitrogens is 3. The predicted molar refractivity (Wildman–Crippen MR) is 80.0 cm³/mol. The Hall–Kier alpha value is -1.95. The highest BCUT2D eigenvalue weighted by atomic mass is 32.1. The Bertz CT molecular complexity index is 720. The number of hydrogen-bond donors (Lipinski definition) is 1. The fraction of sp³-hybridized carbons (Fsp3) is 0.357. The van der Waals surface area contributed by atoms with Crippen LogP contribution < -0.4 is 5.32 Å². The summed E-state index contributed by atoms with van der Waals surface area (Å²) in [6.07, 6.45) is 0.982.